The van der Waals surface area contributed by atoms with Crippen molar-refractivity contribution in [2.75, 3.05) is 20.3 Å². The number of ether oxygens (including phenoxy) is 2. The molecule has 1 saturated heterocycles. The quantitative estimate of drug-likeness (QED) is 0.294. The molecular formula is C21H28N2O5. The third-order valence-corrected chi connectivity index (χ3v) is 4.73. The second kappa shape index (κ2) is 10.5. The summed E-state index contributed by atoms with van der Waals surface area (Å²) in [5.41, 5.74) is 0.981. The first-order valence-corrected chi connectivity index (χ1v) is 9.46. The van der Waals surface area contributed by atoms with Gasteiger partial charge in [-0.2, -0.15) is 0 Å². The van der Waals surface area contributed by atoms with E-state index in [-0.39, 0.29) is 30.2 Å². The first-order valence-electron chi connectivity index (χ1n) is 9.46. The van der Waals surface area contributed by atoms with E-state index in [1.54, 1.807) is 6.92 Å². The van der Waals surface area contributed by atoms with E-state index in [1.807, 2.05) is 35.2 Å². The first-order chi connectivity index (χ1) is 13.5. The zero-order chi connectivity index (χ0) is 20.5. The molecule has 2 atom stereocenters. The van der Waals surface area contributed by atoms with E-state index >= 15 is 0 Å². The third-order valence-electron chi connectivity index (χ3n) is 4.73. The molecule has 2 rings (SSSR count). The highest BCUT2D eigenvalue weighted by molar-refractivity contribution is 6.35. The Bertz CT molecular complexity index is 717. The van der Waals surface area contributed by atoms with Gasteiger partial charge in [-0.15, -0.1) is 0 Å². The summed E-state index contributed by atoms with van der Waals surface area (Å²) in [7, 11) is 1.39. The summed E-state index contributed by atoms with van der Waals surface area (Å²) >= 11 is 0. The number of oxime groups is 1. The maximum atomic E-state index is 12.6. The number of methoxy groups -OCH3 is 1. The molecule has 1 aromatic rings. The third kappa shape index (κ3) is 5.34. The van der Waals surface area contributed by atoms with Gasteiger partial charge in [0.15, 0.2) is 5.71 Å². The fourth-order valence-corrected chi connectivity index (χ4v) is 3.36. The molecule has 0 saturated carbocycles. The molecule has 1 fully saturated rings. The van der Waals surface area contributed by atoms with E-state index in [9.17, 15) is 9.59 Å². The van der Waals surface area contributed by atoms with Crippen LogP contribution in [0.15, 0.2) is 47.9 Å². The number of nitrogens with zero attached hydrogens (tertiary/aromatic N) is 2. The van der Waals surface area contributed by atoms with Crippen LogP contribution in [0, 0.1) is 0 Å². The van der Waals surface area contributed by atoms with E-state index in [0.29, 0.717) is 6.54 Å². The number of carbonyl (C=O) groups excluding carboxylic acids is 2. The lowest BCUT2D eigenvalue weighted by Crippen LogP contribution is -2.45. The van der Waals surface area contributed by atoms with Crippen LogP contribution in [0.5, 0.6) is 0 Å². The summed E-state index contributed by atoms with van der Waals surface area (Å²) in [5.74, 6) is -1.02. The fraction of sp³-hybridized carbons (Fsp3) is 0.476. The first kappa shape index (κ1) is 21.5. The Morgan fingerprint density at radius 3 is 2.64 bits per heavy atom. The summed E-state index contributed by atoms with van der Waals surface area (Å²) in [6.45, 7) is 8.14. The van der Waals surface area contributed by atoms with Gasteiger partial charge in [-0.1, -0.05) is 35.5 Å². The molecule has 0 radical (unpaired) electrons. The standard InChI is InChI=1S/C21H28N2O5/c1-5-27-20(24)15(2)22-28-16(3)23-14-10-9-13-18(23)19(21(25)26-4)17-11-7-6-8-12-17/h6-8,11-12,18-19H,3,5,9-10,13-14H2,1-2,4H3. The SMILES string of the molecule is C=C(ON=C(C)C(=O)OCC)N1CCCCC1C(C(=O)OC)c1ccccc1. The van der Waals surface area contributed by atoms with Gasteiger partial charge in [-0.25, -0.2) is 4.79 Å². The molecule has 1 heterocycles. The summed E-state index contributed by atoms with van der Waals surface area (Å²) < 4.78 is 9.97. The predicted octanol–water partition coefficient (Wildman–Crippen LogP) is 3.22. The number of piperidine rings is 1. The maximum absolute atomic E-state index is 12.6. The molecule has 7 nitrogen and oxygen atoms in total. The molecule has 1 aliphatic rings. The maximum Gasteiger partial charge on any atom is 0.355 e. The van der Waals surface area contributed by atoms with Crippen molar-refractivity contribution in [2.45, 2.75) is 45.1 Å². The van der Waals surface area contributed by atoms with Crippen LogP contribution < -0.4 is 0 Å². The van der Waals surface area contributed by atoms with Gasteiger partial charge in [0.05, 0.1) is 13.7 Å². The Labute approximate surface area is 165 Å². The molecule has 0 spiro atoms. The molecule has 1 aromatic carbocycles. The molecule has 1 aliphatic heterocycles. The van der Waals surface area contributed by atoms with Crippen molar-refractivity contribution in [3.63, 3.8) is 0 Å². The van der Waals surface area contributed by atoms with Gasteiger partial charge < -0.3 is 19.2 Å². The monoisotopic (exact) mass is 388 g/mol. The smallest absolute Gasteiger partial charge is 0.355 e. The molecule has 152 valence electrons. The number of benzene rings is 1. The molecule has 0 amide bonds. The van der Waals surface area contributed by atoms with Crippen LogP contribution in [0.4, 0.5) is 0 Å². The van der Waals surface area contributed by atoms with Crippen LogP contribution in [-0.2, 0) is 23.9 Å². The minimum atomic E-state index is -0.540. The van der Waals surface area contributed by atoms with Crippen LogP contribution in [0.2, 0.25) is 0 Å². The fourth-order valence-electron chi connectivity index (χ4n) is 3.36. The van der Waals surface area contributed by atoms with E-state index in [1.165, 1.54) is 14.0 Å². The highest BCUT2D eigenvalue weighted by Crippen LogP contribution is 2.33. The Kier molecular flexibility index (Phi) is 8.04. The second-order valence-corrected chi connectivity index (χ2v) is 6.55. The van der Waals surface area contributed by atoms with Crippen molar-refractivity contribution in [2.24, 2.45) is 5.16 Å². The van der Waals surface area contributed by atoms with Gasteiger partial charge in [0.25, 0.3) is 0 Å². The van der Waals surface area contributed by atoms with Crippen LogP contribution in [-0.4, -0.2) is 48.9 Å². The van der Waals surface area contributed by atoms with Crippen LogP contribution >= 0.6 is 0 Å². The molecule has 0 bridgehead atoms. The molecule has 2 unspecified atom stereocenters. The summed E-state index contributed by atoms with van der Waals surface area (Å²) in [6, 6.07) is 9.37. The van der Waals surface area contributed by atoms with Gasteiger partial charge in [0.1, 0.15) is 5.92 Å². The minimum Gasteiger partial charge on any atom is -0.468 e. The Morgan fingerprint density at radius 2 is 2.00 bits per heavy atom. The normalized spacial score (nSPS) is 18.2. The highest BCUT2D eigenvalue weighted by atomic mass is 16.6. The summed E-state index contributed by atoms with van der Waals surface area (Å²) in [5, 5.41) is 3.83. The van der Waals surface area contributed by atoms with E-state index in [4.69, 9.17) is 14.3 Å². The number of carbonyl (C=O) groups is 2. The van der Waals surface area contributed by atoms with Gasteiger partial charge in [-0.3, -0.25) is 4.79 Å². The van der Waals surface area contributed by atoms with E-state index in [2.05, 4.69) is 11.7 Å². The van der Waals surface area contributed by atoms with Crippen LogP contribution in [0.25, 0.3) is 0 Å². The Balaban J connectivity index is 2.21. The molecule has 0 aromatic heterocycles. The van der Waals surface area contributed by atoms with Crippen molar-refractivity contribution in [1.82, 2.24) is 4.90 Å². The molecule has 7 heteroatoms. The van der Waals surface area contributed by atoms with E-state index in [0.717, 1.165) is 24.8 Å². The van der Waals surface area contributed by atoms with Gasteiger partial charge in [-0.05, 0) is 45.3 Å². The van der Waals surface area contributed by atoms with Crippen molar-refractivity contribution in [3.8, 4) is 0 Å². The molecule has 28 heavy (non-hydrogen) atoms. The molecule has 0 N–H and O–H groups in total. The average molecular weight is 388 g/mol. The van der Waals surface area contributed by atoms with Gasteiger partial charge in [0.2, 0.25) is 5.88 Å². The number of hydrogen-bond donors (Lipinski definition) is 0. The van der Waals surface area contributed by atoms with Crippen molar-refractivity contribution < 1.29 is 23.9 Å². The average Bonchev–Trinajstić information content (AvgIpc) is 2.73. The predicted molar refractivity (Wildman–Crippen MR) is 106 cm³/mol. The molecular weight excluding hydrogens is 360 g/mol. The van der Waals surface area contributed by atoms with E-state index < -0.39 is 11.9 Å². The van der Waals surface area contributed by atoms with Crippen LogP contribution in [0.3, 0.4) is 0 Å². The van der Waals surface area contributed by atoms with Crippen molar-refractivity contribution in [1.29, 1.82) is 0 Å². The lowest BCUT2D eigenvalue weighted by atomic mass is 9.85. The van der Waals surface area contributed by atoms with Crippen molar-refractivity contribution in [3.05, 3.63) is 48.4 Å². The largest absolute Gasteiger partial charge is 0.468 e. The topological polar surface area (TPSA) is 77.4 Å². The van der Waals surface area contributed by atoms with Gasteiger partial charge >= 0.3 is 11.9 Å². The lowest BCUT2D eigenvalue weighted by molar-refractivity contribution is -0.144. The van der Waals surface area contributed by atoms with Gasteiger partial charge in [0, 0.05) is 12.6 Å². The summed E-state index contributed by atoms with van der Waals surface area (Å²) in [6.07, 6.45) is 2.72. The highest BCUT2D eigenvalue weighted by Gasteiger charge is 2.37. The Morgan fingerprint density at radius 1 is 1.29 bits per heavy atom. The minimum absolute atomic E-state index is 0.101. The number of hydrogen-bond acceptors (Lipinski definition) is 7. The van der Waals surface area contributed by atoms with Crippen LogP contribution in [0.1, 0.15) is 44.6 Å². The Hall–Kier alpha value is -2.83. The zero-order valence-corrected chi connectivity index (χ0v) is 16.7. The molecule has 0 aliphatic carbocycles. The van der Waals surface area contributed by atoms with Crippen molar-refractivity contribution >= 4 is 17.7 Å². The summed E-state index contributed by atoms with van der Waals surface area (Å²) in [4.78, 5) is 31.6. The zero-order valence-electron chi connectivity index (χ0n) is 16.7. The lowest BCUT2D eigenvalue weighted by Gasteiger charge is -2.40. The number of esters is 2. The second-order valence-electron chi connectivity index (χ2n) is 6.55. The number of likely N-dealkylation sites (tertiary alicyclic amines) is 1. The number of rotatable bonds is 8.